The lowest BCUT2D eigenvalue weighted by molar-refractivity contribution is 0.413. The van der Waals surface area contributed by atoms with Crippen molar-refractivity contribution in [3.8, 4) is 0 Å². The van der Waals surface area contributed by atoms with Gasteiger partial charge in [0.15, 0.2) is 0 Å². The fourth-order valence-corrected chi connectivity index (χ4v) is 1.80. The van der Waals surface area contributed by atoms with E-state index in [-0.39, 0.29) is 6.04 Å². The van der Waals surface area contributed by atoms with E-state index >= 15 is 0 Å². The van der Waals surface area contributed by atoms with Gasteiger partial charge >= 0.3 is 0 Å². The molecule has 2 heterocycles. The highest BCUT2D eigenvalue weighted by Gasteiger charge is 2.17. The Hall–Kier alpha value is -1.85. The Morgan fingerprint density at radius 3 is 2.88 bits per heavy atom. The van der Waals surface area contributed by atoms with Crippen molar-refractivity contribution < 1.29 is 4.42 Å². The van der Waals surface area contributed by atoms with Crippen molar-refractivity contribution in [1.29, 1.82) is 0 Å². The Kier molecular flexibility index (Phi) is 3.41. The molecule has 0 aliphatic rings. The fourth-order valence-electron chi connectivity index (χ4n) is 1.80. The van der Waals surface area contributed by atoms with Gasteiger partial charge in [-0.25, -0.2) is 5.43 Å². The summed E-state index contributed by atoms with van der Waals surface area (Å²) in [6.07, 6.45) is 5.71. The van der Waals surface area contributed by atoms with Crippen LogP contribution in [0.25, 0.3) is 0 Å². The third-order valence-electron chi connectivity index (χ3n) is 2.78. The second-order valence-electron chi connectivity index (χ2n) is 3.97. The number of nitrogen functional groups attached to an aromatic ring is 1. The summed E-state index contributed by atoms with van der Waals surface area (Å²) in [5.74, 6) is 6.39. The third kappa shape index (κ3) is 2.46. The van der Waals surface area contributed by atoms with Crippen molar-refractivity contribution in [1.82, 2.24) is 10.4 Å². The van der Waals surface area contributed by atoms with Gasteiger partial charge in [-0.2, -0.15) is 0 Å². The molecule has 0 saturated carbocycles. The second kappa shape index (κ2) is 4.99. The van der Waals surface area contributed by atoms with E-state index in [0.29, 0.717) is 12.1 Å². The van der Waals surface area contributed by atoms with Gasteiger partial charge in [0.05, 0.1) is 12.3 Å². The Labute approximate surface area is 99.8 Å². The van der Waals surface area contributed by atoms with Gasteiger partial charge in [0.2, 0.25) is 0 Å². The summed E-state index contributed by atoms with van der Waals surface area (Å²) in [7, 11) is 0. The van der Waals surface area contributed by atoms with Crippen molar-refractivity contribution in [2.45, 2.75) is 19.4 Å². The molecule has 0 fully saturated rings. The maximum atomic E-state index is 5.88. The van der Waals surface area contributed by atoms with Gasteiger partial charge in [-0.05, 0) is 36.6 Å². The summed E-state index contributed by atoms with van der Waals surface area (Å²) in [4.78, 5) is 4.06. The van der Waals surface area contributed by atoms with E-state index in [1.807, 2.05) is 13.0 Å². The van der Waals surface area contributed by atoms with Gasteiger partial charge in [-0.15, -0.1) is 0 Å². The van der Waals surface area contributed by atoms with E-state index in [4.69, 9.17) is 16.0 Å². The lowest BCUT2D eigenvalue weighted by atomic mass is 10.0. The summed E-state index contributed by atoms with van der Waals surface area (Å²) >= 11 is 0. The maximum absolute atomic E-state index is 5.88. The number of pyridine rings is 1. The number of hydrazine groups is 1. The molecule has 1 unspecified atom stereocenters. The summed E-state index contributed by atoms with van der Waals surface area (Å²) in [5, 5.41) is 0. The molecule has 2 aromatic heterocycles. The normalized spacial score (nSPS) is 12.6. The predicted octanol–water partition coefficient (Wildman–Crippen LogP) is 1.31. The molecule has 0 bridgehead atoms. The highest BCUT2D eigenvalue weighted by Crippen LogP contribution is 2.23. The van der Waals surface area contributed by atoms with Crippen molar-refractivity contribution in [2.24, 2.45) is 5.84 Å². The van der Waals surface area contributed by atoms with Crippen LogP contribution in [-0.2, 0) is 6.42 Å². The smallest absolute Gasteiger partial charge is 0.125 e. The summed E-state index contributed by atoms with van der Waals surface area (Å²) in [6, 6.07) is 3.58. The highest BCUT2D eigenvalue weighted by atomic mass is 16.3. The lowest BCUT2D eigenvalue weighted by Crippen LogP contribution is -2.30. The van der Waals surface area contributed by atoms with Crippen LogP contribution in [0.5, 0.6) is 0 Å². The molecule has 0 aliphatic heterocycles. The first-order chi connectivity index (χ1) is 8.22. The van der Waals surface area contributed by atoms with E-state index in [1.165, 1.54) is 0 Å². The Bertz CT molecular complexity index is 495. The zero-order valence-corrected chi connectivity index (χ0v) is 9.68. The number of hydrogen-bond acceptors (Lipinski definition) is 5. The SMILES string of the molecule is Cc1ccoc1C(Cc1cnccc1N)NN. The van der Waals surface area contributed by atoms with E-state index in [1.54, 1.807) is 24.7 Å². The molecule has 5 N–H and O–H groups in total. The fraction of sp³-hybridized carbons (Fsp3) is 0.250. The second-order valence-corrected chi connectivity index (χ2v) is 3.97. The monoisotopic (exact) mass is 232 g/mol. The molecule has 0 amide bonds. The van der Waals surface area contributed by atoms with Crippen molar-refractivity contribution in [3.05, 3.63) is 47.7 Å². The molecule has 5 heteroatoms. The number of nitrogens with zero attached hydrogens (tertiary/aromatic N) is 1. The average Bonchev–Trinajstić information content (AvgIpc) is 2.75. The molecule has 2 aromatic rings. The van der Waals surface area contributed by atoms with Crippen molar-refractivity contribution in [2.75, 3.05) is 5.73 Å². The Balaban J connectivity index is 2.22. The van der Waals surface area contributed by atoms with Gasteiger partial charge in [-0.1, -0.05) is 0 Å². The summed E-state index contributed by atoms with van der Waals surface area (Å²) in [6.45, 7) is 1.98. The van der Waals surface area contributed by atoms with E-state index < -0.39 is 0 Å². The maximum Gasteiger partial charge on any atom is 0.125 e. The average molecular weight is 232 g/mol. The number of nitrogens with two attached hydrogens (primary N) is 2. The molecule has 17 heavy (non-hydrogen) atoms. The minimum Gasteiger partial charge on any atom is -0.467 e. The predicted molar refractivity (Wildman–Crippen MR) is 65.9 cm³/mol. The minimum absolute atomic E-state index is 0.100. The molecule has 1 atom stereocenters. The lowest BCUT2D eigenvalue weighted by Gasteiger charge is -2.15. The molecule has 0 saturated heterocycles. The van der Waals surface area contributed by atoms with Crippen LogP contribution in [0.3, 0.4) is 0 Å². The van der Waals surface area contributed by atoms with Crippen LogP contribution >= 0.6 is 0 Å². The van der Waals surface area contributed by atoms with Gasteiger partial charge < -0.3 is 10.2 Å². The standard InChI is InChI=1S/C12H16N4O/c1-8-3-5-17-12(8)11(16-14)6-9-7-15-4-2-10(9)13/h2-5,7,11,16H,6,14H2,1H3,(H2,13,15). The highest BCUT2D eigenvalue weighted by molar-refractivity contribution is 5.45. The molecule has 2 rings (SSSR count). The largest absolute Gasteiger partial charge is 0.467 e. The van der Waals surface area contributed by atoms with Gasteiger partial charge in [-0.3, -0.25) is 10.8 Å². The molecule has 0 radical (unpaired) electrons. The molecule has 0 aromatic carbocycles. The Morgan fingerprint density at radius 1 is 1.47 bits per heavy atom. The number of furan rings is 1. The molecule has 0 spiro atoms. The van der Waals surface area contributed by atoms with Crippen LogP contribution < -0.4 is 17.0 Å². The molecular weight excluding hydrogens is 216 g/mol. The third-order valence-corrected chi connectivity index (χ3v) is 2.78. The van der Waals surface area contributed by atoms with Crippen LogP contribution in [0.2, 0.25) is 0 Å². The number of nitrogens with one attached hydrogen (secondary N) is 1. The van der Waals surface area contributed by atoms with E-state index in [0.717, 1.165) is 16.9 Å². The van der Waals surface area contributed by atoms with E-state index in [9.17, 15) is 0 Å². The minimum atomic E-state index is -0.100. The van der Waals surface area contributed by atoms with Crippen LogP contribution in [0, 0.1) is 6.92 Å². The van der Waals surface area contributed by atoms with Gasteiger partial charge in [0.25, 0.3) is 0 Å². The van der Waals surface area contributed by atoms with Gasteiger partial charge in [0.1, 0.15) is 5.76 Å². The number of aryl methyl sites for hydroxylation is 1. The Morgan fingerprint density at radius 2 is 2.29 bits per heavy atom. The number of anilines is 1. The summed E-state index contributed by atoms with van der Waals surface area (Å²) in [5.41, 5.74) is 11.3. The molecular formula is C12H16N4O. The zero-order chi connectivity index (χ0) is 12.3. The van der Waals surface area contributed by atoms with Crippen molar-refractivity contribution >= 4 is 5.69 Å². The molecule has 5 nitrogen and oxygen atoms in total. The van der Waals surface area contributed by atoms with Crippen LogP contribution in [0.1, 0.15) is 22.9 Å². The number of hydrogen-bond donors (Lipinski definition) is 3. The topological polar surface area (TPSA) is 90.1 Å². The van der Waals surface area contributed by atoms with Crippen molar-refractivity contribution in [3.63, 3.8) is 0 Å². The number of rotatable bonds is 4. The summed E-state index contributed by atoms with van der Waals surface area (Å²) < 4.78 is 5.43. The zero-order valence-electron chi connectivity index (χ0n) is 9.68. The molecule has 0 aliphatic carbocycles. The van der Waals surface area contributed by atoms with Gasteiger partial charge in [0, 0.05) is 18.1 Å². The first-order valence-corrected chi connectivity index (χ1v) is 5.41. The van der Waals surface area contributed by atoms with Crippen LogP contribution in [-0.4, -0.2) is 4.98 Å². The first kappa shape index (κ1) is 11.6. The number of aromatic nitrogens is 1. The van der Waals surface area contributed by atoms with Crippen LogP contribution in [0.15, 0.2) is 35.2 Å². The van der Waals surface area contributed by atoms with E-state index in [2.05, 4.69) is 10.4 Å². The quantitative estimate of drug-likeness (QED) is 0.546. The van der Waals surface area contributed by atoms with Crippen LogP contribution in [0.4, 0.5) is 5.69 Å². The molecule has 90 valence electrons. The first-order valence-electron chi connectivity index (χ1n) is 5.41.